The van der Waals surface area contributed by atoms with E-state index in [1.165, 1.54) is 6.07 Å². The van der Waals surface area contributed by atoms with Gasteiger partial charge in [0.2, 0.25) is 5.88 Å². The van der Waals surface area contributed by atoms with Crippen LogP contribution in [0.5, 0.6) is 11.6 Å². The number of carbonyl (C=O) groups is 1. The van der Waals surface area contributed by atoms with Crippen LogP contribution in [-0.2, 0) is 6.18 Å². The fourth-order valence-corrected chi connectivity index (χ4v) is 3.13. The van der Waals surface area contributed by atoms with E-state index in [1.807, 2.05) is 6.92 Å². The number of pyridine rings is 2. The monoisotopic (exact) mass is 409 g/mol. The van der Waals surface area contributed by atoms with Gasteiger partial charge in [-0.25, -0.2) is 9.97 Å². The summed E-state index contributed by atoms with van der Waals surface area (Å²) in [5, 5.41) is 0. The lowest BCUT2D eigenvalue weighted by Crippen LogP contribution is -2.44. The number of alkyl halides is 3. The second kappa shape index (κ2) is 8.67. The molecule has 1 atom stereocenters. The molecule has 0 N–H and O–H groups in total. The molecular formula is C20H22F3N3O3. The van der Waals surface area contributed by atoms with Crippen molar-refractivity contribution in [3.8, 4) is 11.6 Å². The average Bonchev–Trinajstić information content (AvgIpc) is 2.69. The van der Waals surface area contributed by atoms with Crippen molar-refractivity contribution in [3.63, 3.8) is 0 Å². The van der Waals surface area contributed by atoms with Gasteiger partial charge in [0, 0.05) is 24.5 Å². The zero-order valence-corrected chi connectivity index (χ0v) is 16.2. The molecule has 9 heteroatoms. The van der Waals surface area contributed by atoms with Gasteiger partial charge in [0.1, 0.15) is 6.10 Å². The van der Waals surface area contributed by atoms with Crippen molar-refractivity contribution in [3.05, 3.63) is 47.4 Å². The van der Waals surface area contributed by atoms with Crippen LogP contribution in [0.4, 0.5) is 13.2 Å². The number of carbonyl (C=O) groups excluding carboxylic acids is 1. The van der Waals surface area contributed by atoms with E-state index in [9.17, 15) is 18.0 Å². The first-order valence-electron chi connectivity index (χ1n) is 9.37. The third-order valence-corrected chi connectivity index (χ3v) is 4.52. The van der Waals surface area contributed by atoms with Crippen LogP contribution in [0.3, 0.4) is 0 Å². The summed E-state index contributed by atoms with van der Waals surface area (Å²) in [4.78, 5) is 22.7. The number of aryl methyl sites for hydroxylation is 1. The van der Waals surface area contributed by atoms with Gasteiger partial charge in [-0.1, -0.05) is 0 Å². The number of ether oxygens (including phenoxy) is 2. The van der Waals surface area contributed by atoms with E-state index >= 15 is 0 Å². The quantitative estimate of drug-likeness (QED) is 0.750. The standard InChI is InChI=1S/C20H22F3N3O3/c1-3-28-16-8-6-13(2)25-18(16)19(27)26-10-4-5-15(12-26)29-17-9-7-14(11-24-17)20(21,22)23/h6-9,11,15H,3-5,10,12H2,1-2H3. The zero-order valence-electron chi connectivity index (χ0n) is 16.2. The molecule has 1 amide bonds. The van der Waals surface area contributed by atoms with Crippen molar-refractivity contribution in [1.82, 2.24) is 14.9 Å². The maximum Gasteiger partial charge on any atom is 0.417 e. The minimum absolute atomic E-state index is 0.0981. The predicted molar refractivity (Wildman–Crippen MR) is 98.9 cm³/mol. The fourth-order valence-electron chi connectivity index (χ4n) is 3.13. The second-order valence-corrected chi connectivity index (χ2v) is 6.75. The Morgan fingerprint density at radius 1 is 1.28 bits per heavy atom. The molecule has 1 aliphatic rings. The molecule has 6 nitrogen and oxygen atoms in total. The smallest absolute Gasteiger partial charge is 0.417 e. The molecule has 156 valence electrons. The Balaban J connectivity index is 1.69. The summed E-state index contributed by atoms with van der Waals surface area (Å²) in [7, 11) is 0. The molecule has 0 saturated carbocycles. The first-order valence-corrected chi connectivity index (χ1v) is 9.37. The molecule has 1 saturated heterocycles. The van der Waals surface area contributed by atoms with Crippen LogP contribution in [-0.4, -0.2) is 46.6 Å². The Morgan fingerprint density at radius 3 is 2.72 bits per heavy atom. The highest BCUT2D eigenvalue weighted by molar-refractivity contribution is 5.95. The van der Waals surface area contributed by atoms with Gasteiger partial charge in [0.25, 0.3) is 5.91 Å². The van der Waals surface area contributed by atoms with Gasteiger partial charge < -0.3 is 14.4 Å². The SMILES string of the molecule is CCOc1ccc(C)nc1C(=O)N1CCCC(Oc2ccc(C(F)(F)F)cn2)C1. The molecule has 0 aliphatic carbocycles. The minimum atomic E-state index is -4.45. The zero-order chi connectivity index (χ0) is 21.0. The van der Waals surface area contributed by atoms with Gasteiger partial charge in [-0.15, -0.1) is 0 Å². The third-order valence-electron chi connectivity index (χ3n) is 4.52. The molecule has 1 unspecified atom stereocenters. The summed E-state index contributed by atoms with van der Waals surface area (Å²) < 4.78 is 49.2. The Bertz CT molecular complexity index is 856. The van der Waals surface area contributed by atoms with Crippen LogP contribution < -0.4 is 9.47 Å². The molecule has 0 bridgehead atoms. The van der Waals surface area contributed by atoms with Crippen LogP contribution in [0.15, 0.2) is 30.5 Å². The second-order valence-electron chi connectivity index (χ2n) is 6.75. The Kier molecular flexibility index (Phi) is 6.24. The molecular weight excluding hydrogens is 387 g/mol. The van der Waals surface area contributed by atoms with E-state index in [0.717, 1.165) is 12.3 Å². The number of rotatable bonds is 5. The van der Waals surface area contributed by atoms with E-state index in [0.29, 0.717) is 44.0 Å². The topological polar surface area (TPSA) is 64.5 Å². The molecule has 0 radical (unpaired) electrons. The summed E-state index contributed by atoms with van der Waals surface area (Å²) in [6, 6.07) is 5.63. The number of aromatic nitrogens is 2. The maximum atomic E-state index is 13.0. The van der Waals surface area contributed by atoms with Gasteiger partial charge >= 0.3 is 6.18 Å². The lowest BCUT2D eigenvalue weighted by atomic mass is 10.1. The largest absolute Gasteiger partial charge is 0.491 e. The maximum absolute atomic E-state index is 13.0. The summed E-state index contributed by atoms with van der Waals surface area (Å²) in [5.41, 5.74) is 0.120. The van der Waals surface area contributed by atoms with Crippen molar-refractivity contribution < 1.29 is 27.4 Å². The summed E-state index contributed by atoms with van der Waals surface area (Å²) in [6.07, 6.45) is -2.69. The highest BCUT2D eigenvalue weighted by Gasteiger charge is 2.31. The average molecular weight is 409 g/mol. The summed E-state index contributed by atoms with van der Waals surface area (Å²) in [6.45, 7) is 4.88. The molecule has 0 aromatic carbocycles. The number of hydrogen-bond donors (Lipinski definition) is 0. The number of halogens is 3. The van der Waals surface area contributed by atoms with E-state index in [4.69, 9.17) is 9.47 Å². The number of likely N-dealkylation sites (tertiary alicyclic amines) is 1. The normalized spacial score (nSPS) is 17.1. The fraction of sp³-hybridized carbons (Fsp3) is 0.450. The van der Waals surface area contributed by atoms with Crippen LogP contribution in [0.1, 0.15) is 41.5 Å². The van der Waals surface area contributed by atoms with Crippen molar-refractivity contribution in [2.75, 3.05) is 19.7 Å². The van der Waals surface area contributed by atoms with Gasteiger partial charge in [0.15, 0.2) is 11.4 Å². The summed E-state index contributed by atoms with van der Waals surface area (Å²) >= 11 is 0. The third kappa shape index (κ3) is 5.16. The molecule has 2 aromatic rings. The van der Waals surface area contributed by atoms with Crippen molar-refractivity contribution >= 4 is 5.91 Å². The van der Waals surface area contributed by atoms with Crippen LogP contribution in [0, 0.1) is 6.92 Å². The van der Waals surface area contributed by atoms with E-state index in [2.05, 4.69) is 9.97 Å². The van der Waals surface area contributed by atoms with Gasteiger partial charge in [-0.2, -0.15) is 13.2 Å². The van der Waals surface area contributed by atoms with Crippen LogP contribution in [0.25, 0.3) is 0 Å². The lowest BCUT2D eigenvalue weighted by molar-refractivity contribution is -0.137. The molecule has 29 heavy (non-hydrogen) atoms. The lowest BCUT2D eigenvalue weighted by Gasteiger charge is -2.32. The highest BCUT2D eigenvalue weighted by atomic mass is 19.4. The van der Waals surface area contributed by atoms with Gasteiger partial charge in [-0.05, 0) is 44.9 Å². The first kappa shape index (κ1) is 20.9. The number of nitrogens with zero attached hydrogens (tertiary/aromatic N) is 3. The van der Waals surface area contributed by atoms with Crippen molar-refractivity contribution in [2.45, 2.75) is 39.0 Å². The van der Waals surface area contributed by atoms with Crippen molar-refractivity contribution in [1.29, 1.82) is 0 Å². The molecule has 3 rings (SSSR count). The van der Waals surface area contributed by atoms with E-state index in [1.54, 1.807) is 24.0 Å². The molecule has 1 aliphatic heterocycles. The van der Waals surface area contributed by atoms with Gasteiger partial charge in [-0.3, -0.25) is 4.79 Å². The molecule has 2 aromatic heterocycles. The number of piperidine rings is 1. The number of amides is 1. The minimum Gasteiger partial charge on any atom is -0.491 e. The van der Waals surface area contributed by atoms with E-state index in [-0.39, 0.29) is 23.6 Å². The molecule has 3 heterocycles. The Labute approximate surface area is 166 Å². The highest BCUT2D eigenvalue weighted by Crippen LogP contribution is 2.29. The Hall–Kier alpha value is -2.84. The predicted octanol–water partition coefficient (Wildman–Crippen LogP) is 3.89. The van der Waals surface area contributed by atoms with Crippen molar-refractivity contribution in [2.24, 2.45) is 0 Å². The Morgan fingerprint density at radius 2 is 2.07 bits per heavy atom. The molecule has 1 fully saturated rings. The van der Waals surface area contributed by atoms with Gasteiger partial charge in [0.05, 0.1) is 18.7 Å². The molecule has 0 spiro atoms. The first-order chi connectivity index (χ1) is 13.8. The van der Waals surface area contributed by atoms with Crippen LogP contribution >= 0.6 is 0 Å². The van der Waals surface area contributed by atoms with E-state index < -0.39 is 11.7 Å². The van der Waals surface area contributed by atoms with Crippen LogP contribution in [0.2, 0.25) is 0 Å². The summed E-state index contributed by atoms with van der Waals surface area (Å²) in [5.74, 6) is 0.266. The number of hydrogen-bond acceptors (Lipinski definition) is 5.